The van der Waals surface area contributed by atoms with Crippen LogP contribution in [0.25, 0.3) is 0 Å². The average Bonchev–Trinajstić information content (AvgIpc) is 2.98. The summed E-state index contributed by atoms with van der Waals surface area (Å²) in [6.45, 7) is 7.87. The van der Waals surface area contributed by atoms with Crippen LogP contribution in [0.5, 0.6) is 0 Å². The van der Waals surface area contributed by atoms with Crippen LogP contribution in [-0.4, -0.2) is 19.3 Å². The smallest absolute Gasteiger partial charge is 0.0850 e. The van der Waals surface area contributed by atoms with E-state index in [9.17, 15) is 0 Å². The van der Waals surface area contributed by atoms with E-state index < -0.39 is 0 Å². The van der Waals surface area contributed by atoms with Crippen molar-refractivity contribution in [3.8, 4) is 6.57 Å². The molecule has 1 aromatic rings. The Morgan fingerprint density at radius 3 is 2.82 bits per heavy atom. The molecule has 92 valence electrons. The van der Waals surface area contributed by atoms with Crippen molar-refractivity contribution in [1.29, 1.82) is 5.26 Å². The minimum atomic E-state index is 0. The van der Waals surface area contributed by atoms with Crippen LogP contribution in [0, 0.1) is 11.8 Å². The number of hydrogen-bond acceptors (Lipinski definition) is 4. The van der Waals surface area contributed by atoms with E-state index >= 15 is 0 Å². The molecule has 2 aliphatic rings. The molecule has 2 N–H and O–H groups in total. The summed E-state index contributed by atoms with van der Waals surface area (Å²) in [7, 11) is 0. The number of benzene rings is 1. The first-order valence-electron chi connectivity index (χ1n) is 5.99. The molecule has 0 bridgehead atoms. The Morgan fingerprint density at radius 1 is 1.35 bits per heavy atom. The normalized spacial score (nSPS) is 20.9. The largest absolute Gasteiger partial charge is 0.369 e. The van der Waals surface area contributed by atoms with Gasteiger partial charge in [0.1, 0.15) is 0 Å². The molecule has 4 heteroatoms. The Kier molecular flexibility index (Phi) is 3.38. The van der Waals surface area contributed by atoms with E-state index in [1.54, 1.807) is 0 Å². The van der Waals surface area contributed by atoms with Crippen LogP contribution in [-0.2, 0) is 0 Å². The molecule has 1 aromatic carbocycles. The van der Waals surface area contributed by atoms with E-state index in [4.69, 9.17) is 5.26 Å². The number of nitrogens with one attached hydrogen (secondary N) is 2. The molecule has 2 heterocycles. The van der Waals surface area contributed by atoms with Crippen LogP contribution in [0.2, 0.25) is 0 Å². The lowest BCUT2D eigenvalue weighted by molar-refractivity contribution is 0.735. The molecule has 0 saturated carbocycles. The summed E-state index contributed by atoms with van der Waals surface area (Å²) in [6, 6.07) is 7.35. The van der Waals surface area contributed by atoms with Gasteiger partial charge in [0.2, 0.25) is 0 Å². The van der Waals surface area contributed by atoms with Crippen LogP contribution in [0.1, 0.15) is 21.2 Å². The van der Waals surface area contributed by atoms with Crippen molar-refractivity contribution < 1.29 is 1.43 Å². The van der Waals surface area contributed by atoms with E-state index in [0.29, 0.717) is 6.04 Å². The second kappa shape index (κ2) is 4.96. The van der Waals surface area contributed by atoms with Crippen LogP contribution < -0.4 is 15.5 Å². The Labute approximate surface area is 104 Å². The predicted octanol–water partition coefficient (Wildman–Crippen LogP) is 2.86. The Balaban J connectivity index is 0.000000516. The minimum absolute atomic E-state index is 0. The maximum Gasteiger partial charge on any atom is 0.0850 e. The summed E-state index contributed by atoms with van der Waals surface area (Å²) in [5, 5.41) is 13.1. The highest BCUT2D eigenvalue weighted by molar-refractivity contribution is 5.77. The summed E-state index contributed by atoms with van der Waals surface area (Å²) in [5.74, 6) is 0. The molecule has 0 aromatic heterocycles. The fraction of sp³-hybridized carbons (Fsp3) is 0.462. The zero-order valence-electron chi connectivity index (χ0n) is 10.1. The standard InChI is InChI=1S/C12H17N3.CHN.H2/c1-9-3-2-6-15(9)10-4-5-11-12(7-10)14-8-13-11;1-2;/h4-5,7,9,13-14H,2-3,6,8H2,1H3;1H;1H/t9-;;/m1../s1. The number of anilines is 3. The van der Waals surface area contributed by atoms with Crippen molar-refractivity contribution in [2.24, 2.45) is 0 Å². The SMILES string of the molecule is C#N.C[C@@H]1CCCN1c1ccc2c(c1)NCN2.[HH]. The molecule has 1 fully saturated rings. The van der Waals surface area contributed by atoms with Crippen molar-refractivity contribution in [3.63, 3.8) is 0 Å². The molecule has 0 amide bonds. The average molecular weight is 232 g/mol. The first-order chi connectivity index (χ1) is 8.34. The van der Waals surface area contributed by atoms with Gasteiger partial charge >= 0.3 is 0 Å². The van der Waals surface area contributed by atoms with Gasteiger partial charge in [-0.15, -0.1) is 0 Å². The van der Waals surface area contributed by atoms with Gasteiger partial charge in [-0.05, 0) is 38.0 Å². The summed E-state index contributed by atoms with van der Waals surface area (Å²) in [5.41, 5.74) is 3.83. The van der Waals surface area contributed by atoms with E-state index in [-0.39, 0.29) is 1.43 Å². The highest BCUT2D eigenvalue weighted by Crippen LogP contribution is 2.33. The molecule has 4 nitrogen and oxygen atoms in total. The first kappa shape index (κ1) is 11.6. The van der Waals surface area contributed by atoms with Gasteiger partial charge in [0.05, 0.1) is 18.0 Å². The van der Waals surface area contributed by atoms with Crippen LogP contribution in [0.3, 0.4) is 0 Å². The second-order valence-corrected chi connectivity index (χ2v) is 4.44. The van der Waals surface area contributed by atoms with E-state index in [2.05, 4.69) is 47.2 Å². The quantitative estimate of drug-likeness (QED) is 0.781. The van der Waals surface area contributed by atoms with Gasteiger partial charge in [0.15, 0.2) is 0 Å². The molecule has 0 aliphatic carbocycles. The molecule has 0 unspecified atom stereocenters. The highest BCUT2D eigenvalue weighted by Gasteiger charge is 2.21. The monoisotopic (exact) mass is 232 g/mol. The molecule has 3 rings (SSSR count). The number of fused-ring (bicyclic) bond motifs is 1. The molecule has 2 aliphatic heterocycles. The topological polar surface area (TPSA) is 51.1 Å². The maximum atomic E-state index is 6.50. The summed E-state index contributed by atoms with van der Waals surface area (Å²) in [4.78, 5) is 2.50. The van der Waals surface area contributed by atoms with Crippen molar-refractivity contribution in [2.75, 3.05) is 28.7 Å². The Hall–Kier alpha value is -1.89. The van der Waals surface area contributed by atoms with Crippen LogP contribution >= 0.6 is 0 Å². The zero-order valence-corrected chi connectivity index (χ0v) is 10.1. The van der Waals surface area contributed by atoms with Crippen molar-refractivity contribution in [3.05, 3.63) is 18.2 Å². The number of rotatable bonds is 1. The third-order valence-electron chi connectivity index (χ3n) is 3.45. The molecule has 1 atom stereocenters. The molecular formula is C13H20N4. The van der Waals surface area contributed by atoms with Crippen molar-refractivity contribution >= 4 is 17.1 Å². The number of nitriles is 1. The van der Waals surface area contributed by atoms with E-state index in [1.165, 1.54) is 36.4 Å². The summed E-state index contributed by atoms with van der Waals surface area (Å²) in [6.07, 6.45) is 2.65. The van der Waals surface area contributed by atoms with Gasteiger partial charge in [-0.25, -0.2) is 5.26 Å². The lowest BCUT2D eigenvalue weighted by atomic mass is 10.2. The number of hydrogen-bond donors (Lipinski definition) is 2. The van der Waals surface area contributed by atoms with E-state index in [1.807, 2.05) is 0 Å². The zero-order chi connectivity index (χ0) is 12.3. The van der Waals surface area contributed by atoms with Gasteiger partial charge in [-0.1, -0.05) is 0 Å². The fourth-order valence-corrected chi connectivity index (χ4v) is 2.56. The van der Waals surface area contributed by atoms with Gasteiger partial charge < -0.3 is 15.5 Å². The Bertz CT molecular complexity index is 419. The molecule has 17 heavy (non-hydrogen) atoms. The van der Waals surface area contributed by atoms with Gasteiger partial charge in [-0.3, -0.25) is 0 Å². The lowest BCUT2D eigenvalue weighted by Gasteiger charge is -2.24. The van der Waals surface area contributed by atoms with Gasteiger partial charge in [0.25, 0.3) is 0 Å². The lowest BCUT2D eigenvalue weighted by Crippen LogP contribution is -2.26. The van der Waals surface area contributed by atoms with E-state index in [0.717, 1.165) is 6.67 Å². The third-order valence-corrected chi connectivity index (χ3v) is 3.45. The first-order valence-corrected chi connectivity index (χ1v) is 5.99. The fourth-order valence-electron chi connectivity index (χ4n) is 2.56. The van der Waals surface area contributed by atoms with Gasteiger partial charge in [0, 0.05) is 26.3 Å². The molecule has 0 radical (unpaired) electrons. The second-order valence-electron chi connectivity index (χ2n) is 4.44. The summed E-state index contributed by atoms with van der Waals surface area (Å²) < 4.78 is 0. The van der Waals surface area contributed by atoms with Crippen molar-refractivity contribution in [1.82, 2.24) is 0 Å². The van der Waals surface area contributed by atoms with Crippen molar-refractivity contribution in [2.45, 2.75) is 25.8 Å². The molecule has 0 spiro atoms. The Morgan fingerprint density at radius 2 is 2.12 bits per heavy atom. The minimum Gasteiger partial charge on any atom is -0.369 e. The highest BCUT2D eigenvalue weighted by atomic mass is 15.2. The maximum absolute atomic E-state index is 6.50. The third kappa shape index (κ3) is 2.14. The van der Waals surface area contributed by atoms with Crippen LogP contribution in [0.4, 0.5) is 17.1 Å². The van der Waals surface area contributed by atoms with Gasteiger partial charge in [-0.2, -0.15) is 0 Å². The van der Waals surface area contributed by atoms with Crippen LogP contribution in [0.15, 0.2) is 18.2 Å². The summed E-state index contributed by atoms with van der Waals surface area (Å²) >= 11 is 0. The molecule has 1 saturated heterocycles. The number of nitrogens with zero attached hydrogens (tertiary/aromatic N) is 2. The predicted molar refractivity (Wildman–Crippen MR) is 73.4 cm³/mol. The molecular weight excluding hydrogens is 212 g/mol.